The second kappa shape index (κ2) is 10.4. The number of fused-ring (bicyclic) bond motifs is 2. The van der Waals surface area contributed by atoms with Crippen LogP contribution in [0.3, 0.4) is 0 Å². The lowest BCUT2D eigenvalue weighted by atomic mass is 10.00. The molecule has 0 saturated carbocycles. The van der Waals surface area contributed by atoms with Crippen molar-refractivity contribution in [2.75, 3.05) is 27.2 Å². The quantitative estimate of drug-likeness (QED) is 0.545. The summed E-state index contributed by atoms with van der Waals surface area (Å²) in [5, 5.41) is 11.3. The van der Waals surface area contributed by atoms with Gasteiger partial charge < -0.3 is 10.0 Å². The van der Waals surface area contributed by atoms with Gasteiger partial charge in [0.15, 0.2) is 0 Å². The molecule has 0 spiro atoms. The molecule has 1 unspecified atom stereocenters. The first-order chi connectivity index (χ1) is 16.3. The Labute approximate surface area is 198 Å². The van der Waals surface area contributed by atoms with Gasteiger partial charge in [0, 0.05) is 46.7 Å². The van der Waals surface area contributed by atoms with Crippen molar-refractivity contribution in [3.05, 3.63) is 80.5 Å². The maximum absolute atomic E-state index is 13.3. The van der Waals surface area contributed by atoms with Gasteiger partial charge in [-0.05, 0) is 36.1 Å². The van der Waals surface area contributed by atoms with Gasteiger partial charge in [-0.3, -0.25) is 23.6 Å². The van der Waals surface area contributed by atoms with E-state index in [2.05, 4.69) is 17.0 Å². The minimum absolute atomic E-state index is 0.01000. The van der Waals surface area contributed by atoms with E-state index in [1.54, 1.807) is 42.9 Å². The summed E-state index contributed by atoms with van der Waals surface area (Å²) in [6.45, 7) is 2.19. The van der Waals surface area contributed by atoms with Crippen molar-refractivity contribution in [2.45, 2.75) is 45.0 Å². The number of aromatic nitrogens is 2. The zero-order valence-corrected chi connectivity index (χ0v) is 19.8. The molecule has 1 aliphatic heterocycles. The molecular weight excluding hydrogens is 432 g/mol. The minimum Gasteiger partial charge on any atom is -0.390 e. The van der Waals surface area contributed by atoms with E-state index < -0.39 is 17.4 Å². The molecule has 1 N–H and O–H groups in total. The number of rotatable bonds is 8. The van der Waals surface area contributed by atoms with Crippen LogP contribution in [0.4, 0.5) is 0 Å². The zero-order valence-electron chi connectivity index (χ0n) is 19.8. The maximum atomic E-state index is 13.3. The molecular formula is C26H32N4O4. The number of hydrogen-bond donors (Lipinski definition) is 1. The van der Waals surface area contributed by atoms with E-state index in [9.17, 15) is 19.5 Å². The fraction of sp³-hybridized carbons (Fsp3) is 0.423. The third-order valence-electron chi connectivity index (χ3n) is 6.48. The summed E-state index contributed by atoms with van der Waals surface area (Å²) < 4.78 is 2.68. The second-order valence-corrected chi connectivity index (χ2v) is 9.17. The molecule has 0 fully saturated rings. The molecule has 1 amide bonds. The molecule has 0 saturated heterocycles. The van der Waals surface area contributed by atoms with E-state index in [-0.39, 0.29) is 12.5 Å². The van der Waals surface area contributed by atoms with Gasteiger partial charge >= 0.3 is 5.69 Å². The van der Waals surface area contributed by atoms with Gasteiger partial charge in [0.1, 0.15) is 0 Å². The first-order valence-electron chi connectivity index (χ1n) is 11.7. The number of amides is 1. The lowest BCUT2D eigenvalue weighted by Crippen LogP contribution is -2.45. The fourth-order valence-electron chi connectivity index (χ4n) is 4.64. The van der Waals surface area contributed by atoms with E-state index in [4.69, 9.17) is 0 Å². The van der Waals surface area contributed by atoms with Crippen LogP contribution >= 0.6 is 0 Å². The van der Waals surface area contributed by atoms with Gasteiger partial charge in [-0.25, -0.2) is 4.79 Å². The van der Waals surface area contributed by atoms with Gasteiger partial charge in [-0.2, -0.15) is 0 Å². The number of benzene rings is 2. The van der Waals surface area contributed by atoms with Crippen LogP contribution in [0.15, 0.2) is 58.1 Å². The Bertz CT molecular complexity index is 1290. The second-order valence-electron chi connectivity index (χ2n) is 9.17. The Hall–Kier alpha value is -3.23. The number of hydrogen-bond acceptors (Lipinski definition) is 5. The number of aliphatic hydroxyl groups is 1. The van der Waals surface area contributed by atoms with Crippen LogP contribution in [0.5, 0.6) is 0 Å². The van der Waals surface area contributed by atoms with Crippen LogP contribution in [0.25, 0.3) is 10.9 Å². The molecule has 1 aromatic heterocycles. The summed E-state index contributed by atoms with van der Waals surface area (Å²) in [4.78, 5) is 42.1. The molecule has 0 bridgehead atoms. The highest BCUT2D eigenvalue weighted by Gasteiger charge is 2.21. The molecule has 0 radical (unpaired) electrons. The molecule has 4 rings (SSSR count). The number of nitrogens with zero attached hydrogens (tertiary/aromatic N) is 4. The molecule has 0 aliphatic carbocycles. The topological polar surface area (TPSA) is 87.8 Å². The third kappa shape index (κ3) is 5.13. The molecule has 1 aliphatic rings. The summed E-state index contributed by atoms with van der Waals surface area (Å²) in [6, 6.07) is 15.3. The van der Waals surface area contributed by atoms with Crippen LogP contribution in [-0.2, 0) is 30.8 Å². The summed E-state index contributed by atoms with van der Waals surface area (Å²) in [5.41, 5.74) is 2.27. The Morgan fingerprint density at radius 2 is 1.71 bits per heavy atom. The van der Waals surface area contributed by atoms with Gasteiger partial charge in [0.25, 0.3) is 5.56 Å². The Kier molecular flexibility index (Phi) is 7.29. The summed E-state index contributed by atoms with van der Waals surface area (Å²) in [7, 11) is 3.40. The highest BCUT2D eigenvalue weighted by molar-refractivity contribution is 5.78. The van der Waals surface area contributed by atoms with E-state index in [1.807, 2.05) is 12.1 Å². The first kappa shape index (κ1) is 23.9. The minimum atomic E-state index is -0.861. The Morgan fingerprint density at radius 1 is 1.00 bits per heavy atom. The van der Waals surface area contributed by atoms with Gasteiger partial charge in [0.05, 0.1) is 23.6 Å². The third-order valence-corrected chi connectivity index (χ3v) is 6.48. The number of aryl methyl sites for hydroxylation is 1. The van der Waals surface area contributed by atoms with Crippen molar-refractivity contribution in [1.82, 2.24) is 18.9 Å². The van der Waals surface area contributed by atoms with Crippen molar-refractivity contribution < 1.29 is 9.90 Å². The average molecular weight is 465 g/mol. The molecule has 180 valence electrons. The first-order valence-corrected chi connectivity index (χ1v) is 11.7. The van der Waals surface area contributed by atoms with Crippen LogP contribution in [0.2, 0.25) is 0 Å². The highest BCUT2D eigenvalue weighted by atomic mass is 16.3. The zero-order chi connectivity index (χ0) is 24.2. The smallest absolute Gasteiger partial charge is 0.331 e. The molecule has 8 nitrogen and oxygen atoms in total. The van der Waals surface area contributed by atoms with Crippen molar-refractivity contribution >= 4 is 16.8 Å². The largest absolute Gasteiger partial charge is 0.390 e. The number of aliphatic hydroxyl groups excluding tert-OH is 1. The van der Waals surface area contributed by atoms with Crippen LogP contribution < -0.4 is 11.2 Å². The number of carbonyl (C=O) groups excluding carboxylic acids is 1. The van der Waals surface area contributed by atoms with Gasteiger partial charge in [0.2, 0.25) is 5.91 Å². The van der Waals surface area contributed by atoms with Crippen molar-refractivity contribution in [2.24, 2.45) is 0 Å². The SMILES string of the molecule is CN(C)C(=O)CCCn1c(=O)n(CC(O)CN2CCc3ccccc3C2)c(=O)c2ccccc21. The van der Waals surface area contributed by atoms with Crippen LogP contribution in [0.1, 0.15) is 24.0 Å². The molecule has 34 heavy (non-hydrogen) atoms. The van der Waals surface area contributed by atoms with E-state index in [0.717, 1.165) is 24.1 Å². The fourth-order valence-corrected chi connectivity index (χ4v) is 4.64. The molecule has 2 aromatic carbocycles. The van der Waals surface area contributed by atoms with E-state index in [0.29, 0.717) is 36.8 Å². The summed E-state index contributed by atoms with van der Waals surface area (Å²) in [5.74, 6) is -0.01000. The number of β-amino-alcohol motifs (C(OH)–C–C–N with tert-alkyl or cyclic N) is 1. The molecule has 8 heteroatoms. The molecule has 2 heterocycles. The van der Waals surface area contributed by atoms with Crippen molar-refractivity contribution in [3.63, 3.8) is 0 Å². The lowest BCUT2D eigenvalue weighted by Gasteiger charge is -2.30. The predicted octanol–water partition coefficient (Wildman–Crippen LogP) is 1.45. The summed E-state index contributed by atoms with van der Waals surface area (Å²) in [6.07, 6.45) is 0.846. The van der Waals surface area contributed by atoms with Crippen LogP contribution in [0, 0.1) is 0 Å². The summed E-state index contributed by atoms with van der Waals surface area (Å²) >= 11 is 0. The molecule has 1 atom stereocenters. The average Bonchev–Trinajstić information content (AvgIpc) is 2.83. The number of para-hydroxylation sites is 1. The monoisotopic (exact) mass is 464 g/mol. The Morgan fingerprint density at radius 3 is 2.47 bits per heavy atom. The van der Waals surface area contributed by atoms with E-state index >= 15 is 0 Å². The normalized spacial score (nSPS) is 14.7. The standard InChI is InChI=1S/C26H32N4O4/c1-27(2)24(32)12-7-14-29-23-11-6-5-10-22(23)25(33)30(26(29)34)18-21(31)17-28-15-13-19-8-3-4-9-20(19)16-28/h3-6,8-11,21,31H,7,12-18H2,1-2H3. The number of carbonyl (C=O) groups is 1. The molecule has 3 aromatic rings. The lowest BCUT2D eigenvalue weighted by molar-refractivity contribution is -0.128. The van der Waals surface area contributed by atoms with Crippen molar-refractivity contribution in [1.29, 1.82) is 0 Å². The van der Waals surface area contributed by atoms with Crippen molar-refractivity contribution in [3.8, 4) is 0 Å². The van der Waals surface area contributed by atoms with Gasteiger partial charge in [-0.15, -0.1) is 0 Å². The predicted molar refractivity (Wildman–Crippen MR) is 132 cm³/mol. The maximum Gasteiger partial charge on any atom is 0.331 e. The van der Waals surface area contributed by atoms with E-state index in [1.165, 1.54) is 16.0 Å². The van der Waals surface area contributed by atoms with Gasteiger partial charge in [-0.1, -0.05) is 36.4 Å². The van der Waals surface area contributed by atoms with Crippen LogP contribution in [-0.4, -0.2) is 63.2 Å². The highest BCUT2D eigenvalue weighted by Crippen LogP contribution is 2.18. The Balaban J connectivity index is 1.54.